The highest BCUT2D eigenvalue weighted by atomic mass is 19.1. The van der Waals surface area contributed by atoms with E-state index < -0.39 is 0 Å². The van der Waals surface area contributed by atoms with E-state index in [1.165, 1.54) is 6.07 Å². The summed E-state index contributed by atoms with van der Waals surface area (Å²) in [5.74, 6) is 0.814. The molecule has 0 amide bonds. The Hall–Kier alpha value is -1.75. The van der Waals surface area contributed by atoms with E-state index in [9.17, 15) is 4.39 Å². The normalized spacial score (nSPS) is 12.5. The molecule has 0 saturated carbocycles. The van der Waals surface area contributed by atoms with Gasteiger partial charge in [-0.1, -0.05) is 32.0 Å². The van der Waals surface area contributed by atoms with Crippen molar-refractivity contribution in [1.29, 1.82) is 0 Å². The molecule has 0 spiro atoms. The molecule has 2 aromatic rings. The zero-order valence-electron chi connectivity index (χ0n) is 12.7. The van der Waals surface area contributed by atoms with Crippen molar-refractivity contribution in [3.63, 3.8) is 0 Å². The average Bonchev–Trinajstić information content (AvgIpc) is 2.89. The molecule has 0 aliphatic rings. The lowest BCUT2D eigenvalue weighted by atomic mass is 10.0. The van der Waals surface area contributed by atoms with Gasteiger partial charge in [-0.15, -0.1) is 0 Å². The first-order valence-electron chi connectivity index (χ1n) is 7.58. The van der Waals surface area contributed by atoms with Crippen LogP contribution in [0.15, 0.2) is 30.6 Å². The predicted molar refractivity (Wildman–Crippen MR) is 81.6 cm³/mol. The molecule has 0 aliphatic heterocycles. The van der Waals surface area contributed by atoms with E-state index in [-0.39, 0.29) is 11.9 Å². The fourth-order valence-electron chi connectivity index (χ4n) is 2.50. The Kier molecular flexibility index (Phi) is 5.87. The molecule has 0 aliphatic carbocycles. The van der Waals surface area contributed by atoms with Crippen LogP contribution in [0.3, 0.4) is 0 Å². The fraction of sp³-hybridized carbons (Fsp3) is 0.500. The van der Waals surface area contributed by atoms with Crippen LogP contribution in [0.25, 0.3) is 0 Å². The quantitative estimate of drug-likeness (QED) is 0.812. The number of benzene rings is 1. The summed E-state index contributed by atoms with van der Waals surface area (Å²) in [7, 11) is 0. The van der Waals surface area contributed by atoms with Gasteiger partial charge in [0.2, 0.25) is 0 Å². The number of aromatic nitrogens is 3. The largest absolute Gasteiger partial charge is 0.313 e. The Bertz CT molecular complexity index is 553. The standard InChI is InChI=1S/C16H23FN4/c1-3-9-21-16(19-12-20-21)11-14(18-4-2)10-13-7-5-6-8-15(13)17/h5-8,12,14,18H,3-4,9-11H2,1-2H3. The maximum Gasteiger partial charge on any atom is 0.138 e. The molecule has 0 bridgehead atoms. The van der Waals surface area contributed by atoms with Crippen molar-refractivity contribution >= 4 is 0 Å². The number of nitrogens with zero attached hydrogens (tertiary/aromatic N) is 3. The van der Waals surface area contributed by atoms with Crippen molar-refractivity contribution < 1.29 is 4.39 Å². The summed E-state index contributed by atoms with van der Waals surface area (Å²) in [6.45, 7) is 5.90. The maximum absolute atomic E-state index is 13.8. The lowest BCUT2D eigenvalue weighted by Crippen LogP contribution is -2.34. The topological polar surface area (TPSA) is 42.7 Å². The SMILES string of the molecule is CCCn1ncnc1CC(Cc1ccccc1F)NCC. The van der Waals surface area contributed by atoms with Crippen molar-refractivity contribution in [3.05, 3.63) is 47.8 Å². The Labute approximate surface area is 125 Å². The maximum atomic E-state index is 13.8. The molecule has 1 unspecified atom stereocenters. The van der Waals surface area contributed by atoms with E-state index in [4.69, 9.17) is 0 Å². The lowest BCUT2D eigenvalue weighted by Gasteiger charge is -2.18. The third-order valence-electron chi connectivity index (χ3n) is 3.48. The zero-order valence-corrected chi connectivity index (χ0v) is 12.7. The highest BCUT2D eigenvalue weighted by Gasteiger charge is 2.15. The molecule has 2 rings (SSSR count). The molecule has 1 atom stereocenters. The first-order chi connectivity index (χ1) is 10.2. The molecule has 0 saturated heterocycles. The monoisotopic (exact) mass is 290 g/mol. The second kappa shape index (κ2) is 7.88. The van der Waals surface area contributed by atoms with Crippen LogP contribution in [-0.2, 0) is 19.4 Å². The molecule has 0 radical (unpaired) electrons. The van der Waals surface area contributed by atoms with Gasteiger partial charge in [0.15, 0.2) is 0 Å². The molecule has 0 fully saturated rings. The molecular weight excluding hydrogens is 267 g/mol. The average molecular weight is 290 g/mol. The Morgan fingerprint density at radius 1 is 1.24 bits per heavy atom. The number of nitrogens with one attached hydrogen (secondary N) is 1. The smallest absolute Gasteiger partial charge is 0.138 e. The third-order valence-corrected chi connectivity index (χ3v) is 3.48. The Morgan fingerprint density at radius 2 is 2.05 bits per heavy atom. The molecule has 1 aromatic heterocycles. The summed E-state index contributed by atoms with van der Waals surface area (Å²) in [5, 5.41) is 7.67. The van der Waals surface area contributed by atoms with Crippen LogP contribution in [0.2, 0.25) is 0 Å². The summed E-state index contributed by atoms with van der Waals surface area (Å²) >= 11 is 0. The van der Waals surface area contributed by atoms with Gasteiger partial charge in [0.05, 0.1) is 0 Å². The minimum Gasteiger partial charge on any atom is -0.313 e. The van der Waals surface area contributed by atoms with Crippen molar-refractivity contribution in [2.45, 2.75) is 45.7 Å². The van der Waals surface area contributed by atoms with E-state index in [1.54, 1.807) is 12.4 Å². The summed E-state index contributed by atoms with van der Waals surface area (Å²) in [6, 6.07) is 7.11. The van der Waals surface area contributed by atoms with E-state index in [0.717, 1.165) is 37.3 Å². The van der Waals surface area contributed by atoms with Gasteiger partial charge in [-0.25, -0.2) is 9.37 Å². The first-order valence-corrected chi connectivity index (χ1v) is 7.58. The van der Waals surface area contributed by atoms with Crippen molar-refractivity contribution in [2.75, 3.05) is 6.54 Å². The summed E-state index contributed by atoms with van der Waals surface area (Å²) < 4.78 is 15.7. The van der Waals surface area contributed by atoms with Crippen LogP contribution >= 0.6 is 0 Å². The minimum atomic E-state index is -0.143. The molecule has 21 heavy (non-hydrogen) atoms. The highest BCUT2D eigenvalue weighted by molar-refractivity contribution is 5.18. The number of aryl methyl sites for hydroxylation is 1. The van der Waals surface area contributed by atoms with Gasteiger partial charge in [-0.3, -0.25) is 4.68 Å². The van der Waals surface area contributed by atoms with E-state index in [2.05, 4.69) is 29.2 Å². The molecule has 1 heterocycles. The van der Waals surface area contributed by atoms with Gasteiger partial charge in [-0.05, 0) is 31.0 Å². The number of rotatable bonds is 8. The van der Waals surface area contributed by atoms with Crippen molar-refractivity contribution in [1.82, 2.24) is 20.1 Å². The first kappa shape index (κ1) is 15.6. The number of hydrogen-bond acceptors (Lipinski definition) is 3. The van der Waals surface area contributed by atoms with Crippen molar-refractivity contribution in [3.8, 4) is 0 Å². The summed E-state index contributed by atoms with van der Waals surface area (Å²) in [5.41, 5.74) is 0.741. The second-order valence-corrected chi connectivity index (χ2v) is 5.15. The van der Waals surface area contributed by atoms with Gasteiger partial charge in [-0.2, -0.15) is 5.10 Å². The van der Waals surface area contributed by atoms with Gasteiger partial charge < -0.3 is 5.32 Å². The number of likely N-dealkylation sites (N-methyl/N-ethyl adjacent to an activating group) is 1. The molecule has 1 aromatic carbocycles. The Balaban J connectivity index is 2.08. The summed E-state index contributed by atoms with van der Waals surface area (Å²) in [6.07, 6.45) is 4.02. The van der Waals surface area contributed by atoms with Crippen LogP contribution in [0, 0.1) is 5.82 Å². The molecule has 1 N–H and O–H groups in total. The Morgan fingerprint density at radius 3 is 2.76 bits per heavy atom. The summed E-state index contributed by atoms with van der Waals surface area (Å²) in [4.78, 5) is 4.34. The lowest BCUT2D eigenvalue weighted by molar-refractivity contribution is 0.474. The number of hydrogen-bond donors (Lipinski definition) is 1. The van der Waals surface area contributed by atoms with E-state index >= 15 is 0 Å². The zero-order chi connectivity index (χ0) is 15.1. The molecule has 114 valence electrons. The number of halogens is 1. The van der Waals surface area contributed by atoms with Gasteiger partial charge in [0.25, 0.3) is 0 Å². The molecular formula is C16H23FN4. The van der Waals surface area contributed by atoms with E-state index in [1.807, 2.05) is 16.8 Å². The van der Waals surface area contributed by atoms with Gasteiger partial charge >= 0.3 is 0 Å². The van der Waals surface area contributed by atoms with Crippen LogP contribution in [0.1, 0.15) is 31.7 Å². The third kappa shape index (κ3) is 4.36. The highest BCUT2D eigenvalue weighted by Crippen LogP contribution is 2.12. The minimum absolute atomic E-state index is 0.143. The van der Waals surface area contributed by atoms with Crippen molar-refractivity contribution in [2.24, 2.45) is 0 Å². The fourth-order valence-corrected chi connectivity index (χ4v) is 2.50. The van der Waals surface area contributed by atoms with Gasteiger partial charge in [0, 0.05) is 19.0 Å². The van der Waals surface area contributed by atoms with E-state index in [0.29, 0.717) is 6.42 Å². The predicted octanol–water partition coefficient (Wildman–Crippen LogP) is 2.59. The van der Waals surface area contributed by atoms with Crippen LogP contribution in [0.5, 0.6) is 0 Å². The molecule has 4 nitrogen and oxygen atoms in total. The van der Waals surface area contributed by atoms with Crippen LogP contribution in [-0.4, -0.2) is 27.4 Å². The molecule has 5 heteroatoms. The van der Waals surface area contributed by atoms with Gasteiger partial charge in [0.1, 0.15) is 18.0 Å². The van der Waals surface area contributed by atoms with Crippen LogP contribution in [0.4, 0.5) is 4.39 Å². The van der Waals surface area contributed by atoms with Crippen LogP contribution < -0.4 is 5.32 Å². The second-order valence-electron chi connectivity index (χ2n) is 5.15.